The first-order valence-corrected chi connectivity index (χ1v) is 10.2. The average molecular weight is 386 g/mol. The van der Waals surface area contributed by atoms with Gasteiger partial charge in [0, 0.05) is 23.7 Å². The first-order chi connectivity index (χ1) is 13.1. The number of hydrogen-bond acceptors (Lipinski definition) is 4. The van der Waals surface area contributed by atoms with Gasteiger partial charge in [-0.25, -0.2) is 0 Å². The average Bonchev–Trinajstić information content (AvgIpc) is 2.68. The molecule has 0 unspecified atom stereocenters. The highest BCUT2D eigenvalue weighted by atomic mass is 32.2. The maximum atomic E-state index is 12.4. The molecule has 0 aliphatic carbocycles. The van der Waals surface area contributed by atoms with Gasteiger partial charge in [0.25, 0.3) is 5.91 Å². The lowest BCUT2D eigenvalue weighted by Crippen LogP contribution is -2.32. The van der Waals surface area contributed by atoms with E-state index in [1.165, 1.54) is 11.8 Å². The molecule has 0 saturated heterocycles. The smallest absolute Gasteiger partial charge is 0.252 e. The maximum Gasteiger partial charge on any atom is 0.252 e. The predicted molar refractivity (Wildman–Crippen MR) is 112 cm³/mol. The third kappa shape index (κ3) is 7.45. The normalized spacial score (nSPS) is 10.4. The van der Waals surface area contributed by atoms with Crippen molar-refractivity contribution in [2.24, 2.45) is 0 Å². The van der Waals surface area contributed by atoms with E-state index in [0.29, 0.717) is 12.1 Å². The van der Waals surface area contributed by atoms with Crippen LogP contribution in [0.2, 0.25) is 0 Å². The Labute approximate surface area is 165 Å². The predicted octanol–water partition coefficient (Wildman–Crippen LogP) is 3.46. The van der Waals surface area contributed by atoms with Gasteiger partial charge < -0.3 is 16.0 Å². The number of aryl methyl sites for hydroxylation is 1. The van der Waals surface area contributed by atoms with Crippen LogP contribution in [0.4, 0.5) is 5.69 Å². The van der Waals surface area contributed by atoms with E-state index in [9.17, 15) is 9.59 Å². The molecule has 5 nitrogen and oxygen atoms in total. The molecule has 0 bridgehead atoms. The number of rotatable bonds is 10. The Bertz CT molecular complexity index is 747. The van der Waals surface area contributed by atoms with Crippen LogP contribution in [-0.2, 0) is 4.79 Å². The minimum absolute atomic E-state index is 0.0946. The van der Waals surface area contributed by atoms with E-state index >= 15 is 0 Å². The second kappa shape index (κ2) is 11.4. The molecule has 3 N–H and O–H groups in total. The van der Waals surface area contributed by atoms with Crippen LogP contribution in [0.3, 0.4) is 0 Å². The third-order valence-corrected chi connectivity index (χ3v) is 4.91. The molecule has 0 spiro atoms. The Morgan fingerprint density at radius 2 is 1.70 bits per heavy atom. The number of anilines is 1. The fraction of sp³-hybridized carbons (Fsp3) is 0.333. The topological polar surface area (TPSA) is 70.2 Å². The van der Waals surface area contributed by atoms with Gasteiger partial charge in [0.15, 0.2) is 0 Å². The molecule has 144 valence electrons. The molecule has 2 amide bonds. The minimum Gasteiger partial charge on any atom is -0.351 e. The van der Waals surface area contributed by atoms with E-state index in [-0.39, 0.29) is 17.6 Å². The molecule has 0 radical (unpaired) electrons. The summed E-state index contributed by atoms with van der Waals surface area (Å²) in [5.74, 6) is 0.0362. The third-order valence-electron chi connectivity index (χ3n) is 3.84. The molecule has 27 heavy (non-hydrogen) atoms. The number of benzene rings is 2. The Hall–Kier alpha value is -2.31. The lowest BCUT2D eigenvalue weighted by molar-refractivity contribution is -0.113. The summed E-state index contributed by atoms with van der Waals surface area (Å²) in [5, 5.41) is 9.04. The quantitative estimate of drug-likeness (QED) is 0.433. The van der Waals surface area contributed by atoms with Crippen molar-refractivity contribution in [1.82, 2.24) is 10.6 Å². The van der Waals surface area contributed by atoms with Crippen LogP contribution in [-0.4, -0.2) is 37.2 Å². The van der Waals surface area contributed by atoms with Crippen molar-refractivity contribution in [3.63, 3.8) is 0 Å². The van der Waals surface area contributed by atoms with Crippen LogP contribution >= 0.6 is 11.8 Å². The first-order valence-electron chi connectivity index (χ1n) is 9.17. The summed E-state index contributed by atoms with van der Waals surface area (Å²) in [5.41, 5.74) is 2.52. The van der Waals surface area contributed by atoms with E-state index in [0.717, 1.165) is 35.7 Å². The summed E-state index contributed by atoms with van der Waals surface area (Å²) >= 11 is 1.36. The van der Waals surface area contributed by atoms with Crippen LogP contribution in [0, 0.1) is 6.92 Å². The van der Waals surface area contributed by atoms with Gasteiger partial charge in [-0.05, 0) is 44.2 Å². The molecule has 0 aliphatic rings. The van der Waals surface area contributed by atoms with Crippen molar-refractivity contribution in [1.29, 1.82) is 0 Å². The fourth-order valence-electron chi connectivity index (χ4n) is 2.42. The second-order valence-electron chi connectivity index (χ2n) is 6.20. The molecule has 2 aromatic carbocycles. The Morgan fingerprint density at radius 3 is 2.44 bits per heavy atom. The number of nitrogens with one attached hydrogen (secondary N) is 3. The second-order valence-corrected chi connectivity index (χ2v) is 7.22. The number of hydrogen-bond donors (Lipinski definition) is 3. The van der Waals surface area contributed by atoms with Gasteiger partial charge in [0.1, 0.15) is 0 Å². The van der Waals surface area contributed by atoms with E-state index < -0.39 is 0 Å². The Morgan fingerprint density at radius 1 is 0.963 bits per heavy atom. The van der Waals surface area contributed by atoms with Crippen LogP contribution in [0.5, 0.6) is 0 Å². The fourth-order valence-corrected chi connectivity index (χ4v) is 3.27. The zero-order valence-electron chi connectivity index (χ0n) is 15.9. The summed E-state index contributed by atoms with van der Waals surface area (Å²) in [6, 6.07) is 15.0. The molecule has 0 fully saturated rings. The molecular weight excluding hydrogens is 358 g/mol. The van der Waals surface area contributed by atoms with Crippen LogP contribution < -0.4 is 16.0 Å². The lowest BCUT2D eigenvalue weighted by Gasteiger charge is -2.10. The molecule has 0 aromatic heterocycles. The van der Waals surface area contributed by atoms with Crippen LogP contribution in [0.15, 0.2) is 53.4 Å². The van der Waals surface area contributed by atoms with E-state index in [4.69, 9.17) is 0 Å². The summed E-state index contributed by atoms with van der Waals surface area (Å²) < 4.78 is 0. The highest BCUT2D eigenvalue weighted by molar-refractivity contribution is 8.00. The van der Waals surface area contributed by atoms with Crippen molar-refractivity contribution in [2.75, 3.05) is 30.7 Å². The van der Waals surface area contributed by atoms with Gasteiger partial charge in [0.05, 0.1) is 11.3 Å². The zero-order chi connectivity index (χ0) is 19.5. The number of amides is 2. The number of carbonyl (C=O) groups is 2. The van der Waals surface area contributed by atoms with Crippen molar-refractivity contribution in [3.8, 4) is 0 Å². The zero-order valence-corrected chi connectivity index (χ0v) is 16.7. The molecule has 2 rings (SSSR count). The molecule has 0 atom stereocenters. The van der Waals surface area contributed by atoms with Crippen molar-refractivity contribution in [2.45, 2.75) is 25.2 Å². The SMILES string of the molecule is CCCNCCNC(=O)c1ccccc1SCC(=O)Nc1ccc(C)cc1. The van der Waals surface area contributed by atoms with Gasteiger partial charge >= 0.3 is 0 Å². The van der Waals surface area contributed by atoms with Crippen LogP contribution in [0.1, 0.15) is 29.3 Å². The number of thioether (sulfide) groups is 1. The minimum atomic E-state index is -0.115. The summed E-state index contributed by atoms with van der Waals surface area (Å²) in [4.78, 5) is 25.4. The Kier molecular flexibility index (Phi) is 8.87. The highest BCUT2D eigenvalue weighted by Crippen LogP contribution is 2.23. The van der Waals surface area contributed by atoms with Crippen LogP contribution in [0.25, 0.3) is 0 Å². The van der Waals surface area contributed by atoms with E-state index in [1.807, 2.05) is 49.4 Å². The van der Waals surface area contributed by atoms with Gasteiger partial charge in [0.2, 0.25) is 5.91 Å². The standard InChI is InChI=1S/C21H27N3O2S/c1-3-12-22-13-14-23-21(26)18-6-4-5-7-19(18)27-15-20(25)24-17-10-8-16(2)9-11-17/h4-11,22H,3,12-15H2,1-2H3,(H,23,26)(H,24,25). The van der Waals surface area contributed by atoms with Gasteiger partial charge in [-0.15, -0.1) is 11.8 Å². The summed E-state index contributed by atoms with van der Waals surface area (Å²) in [7, 11) is 0. The monoisotopic (exact) mass is 385 g/mol. The number of carbonyl (C=O) groups excluding carboxylic acids is 2. The van der Waals surface area contributed by atoms with Gasteiger partial charge in [-0.1, -0.05) is 36.8 Å². The van der Waals surface area contributed by atoms with Crippen molar-refractivity contribution < 1.29 is 9.59 Å². The highest BCUT2D eigenvalue weighted by Gasteiger charge is 2.12. The van der Waals surface area contributed by atoms with E-state index in [2.05, 4.69) is 22.9 Å². The first kappa shape index (κ1) is 21.0. The molecular formula is C21H27N3O2S. The Balaban J connectivity index is 1.86. The maximum absolute atomic E-state index is 12.4. The summed E-state index contributed by atoms with van der Waals surface area (Å²) in [6.07, 6.45) is 1.07. The molecule has 6 heteroatoms. The lowest BCUT2D eigenvalue weighted by atomic mass is 10.2. The van der Waals surface area contributed by atoms with Gasteiger partial charge in [-0.3, -0.25) is 9.59 Å². The molecule has 0 heterocycles. The van der Waals surface area contributed by atoms with Crippen molar-refractivity contribution in [3.05, 3.63) is 59.7 Å². The van der Waals surface area contributed by atoms with E-state index in [1.54, 1.807) is 6.07 Å². The largest absolute Gasteiger partial charge is 0.351 e. The molecule has 0 saturated carbocycles. The van der Waals surface area contributed by atoms with Gasteiger partial charge in [-0.2, -0.15) is 0 Å². The molecule has 0 aliphatic heterocycles. The summed E-state index contributed by atoms with van der Waals surface area (Å²) in [6.45, 7) is 6.37. The van der Waals surface area contributed by atoms with Crippen molar-refractivity contribution >= 4 is 29.3 Å². The molecule has 2 aromatic rings.